The molecule has 0 bridgehead atoms. The maximum absolute atomic E-state index is 12.0. The Hall–Kier alpha value is -3.04. The van der Waals surface area contributed by atoms with Crippen LogP contribution >= 0.6 is 0 Å². The number of pyridine rings is 1. The maximum atomic E-state index is 12.0. The van der Waals surface area contributed by atoms with Crippen LogP contribution in [0.3, 0.4) is 0 Å². The molecule has 0 saturated carbocycles. The molecule has 2 rings (SSSR count). The lowest BCUT2D eigenvalue weighted by molar-refractivity contribution is 0.0254. The number of anilines is 1. The zero-order valence-electron chi connectivity index (χ0n) is 17.9. The number of benzene rings is 1. The highest BCUT2D eigenvalue weighted by Gasteiger charge is 2.19. The molecule has 4 N–H and O–H groups in total. The minimum atomic E-state index is -0.695. The second-order valence-corrected chi connectivity index (χ2v) is 8.04. The molecular formula is C21H29N3O6. The Morgan fingerprint density at radius 3 is 2.60 bits per heavy atom. The van der Waals surface area contributed by atoms with Crippen LogP contribution in [0.4, 0.5) is 10.5 Å². The zero-order chi connectivity index (χ0) is 22.5. The minimum Gasteiger partial charge on any atom is -0.492 e. The molecule has 9 nitrogen and oxygen atoms in total. The topological polar surface area (TPSA) is 122 Å². The number of hydroxylamine groups is 1. The van der Waals surface area contributed by atoms with E-state index in [2.05, 4.69) is 10.8 Å². The second-order valence-electron chi connectivity index (χ2n) is 8.04. The van der Waals surface area contributed by atoms with Crippen LogP contribution in [0.1, 0.15) is 50.3 Å². The Kier molecular flexibility index (Phi) is 7.47. The van der Waals surface area contributed by atoms with Gasteiger partial charge in [-0.3, -0.25) is 14.9 Å². The highest BCUT2D eigenvalue weighted by Crippen LogP contribution is 2.26. The first-order valence-corrected chi connectivity index (χ1v) is 9.57. The van der Waals surface area contributed by atoms with E-state index in [-0.39, 0.29) is 17.3 Å². The van der Waals surface area contributed by atoms with E-state index < -0.39 is 23.1 Å². The summed E-state index contributed by atoms with van der Waals surface area (Å²) < 4.78 is 5.49. The summed E-state index contributed by atoms with van der Waals surface area (Å²) in [5.74, 6) is -0.736. The van der Waals surface area contributed by atoms with Crippen molar-refractivity contribution in [2.45, 2.75) is 52.7 Å². The van der Waals surface area contributed by atoms with E-state index in [9.17, 15) is 19.9 Å². The zero-order valence-corrected chi connectivity index (χ0v) is 17.9. The van der Waals surface area contributed by atoms with Gasteiger partial charge in [-0.05, 0) is 39.3 Å². The molecule has 0 aliphatic heterocycles. The van der Waals surface area contributed by atoms with Gasteiger partial charge in [0.25, 0.3) is 5.56 Å². The third kappa shape index (κ3) is 6.23. The summed E-state index contributed by atoms with van der Waals surface area (Å²) in [6.45, 7) is 9.35. The van der Waals surface area contributed by atoms with Crippen LogP contribution in [0.5, 0.6) is 5.88 Å². The molecule has 0 saturated heterocycles. The smallest absolute Gasteiger partial charge is 0.412 e. The fourth-order valence-corrected chi connectivity index (χ4v) is 2.92. The van der Waals surface area contributed by atoms with E-state index in [1.54, 1.807) is 39.8 Å². The van der Waals surface area contributed by atoms with Gasteiger partial charge in [0.2, 0.25) is 5.88 Å². The lowest BCUT2D eigenvalue weighted by Crippen LogP contribution is -2.27. The number of nitrogens with one attached hydrogen (secondary N) is 2. The van der Waals surface area contributed by atoms with E-state index in [4.69, 9.17) is 9.57 Å². The molecule has 164 valence electrons. The summed E-state index contributed by atoms with van der Waals surface area (Å²) in [5, 5.41) is 22.4. The standard InChI is InChI=1S/C21H29N3O6/c1-13-10-17(25)24(28)19(26)18(13)14(2)11-22-29-12-15-8-6-7-9-16(15)23-20(27)30-21(3,4)5/h6-10,14,22,26,28H,11-12H2,1-5H3,(H,23,27). The number of carbonyl (C=O) groups is 1. The molecule has 1 atom stereocenters. The first kappa shape index (κ1) is 23.2. The summed E-state index contributed by atoms with van der Waals surface area (Å²) in [7, 11) is 0. The van der Waals surface area contributed by atoms with Gasteiger partial charge in [0.1, 0.15) is 5.60 Å². The number of ether oxygens (including phenoxy) is 1. The van der Waals surface area contributed by atoms with Gasteiger partial charge in [-0.15, -0.1) is 4.73 Å². The molecule has 0 aliphatic rings. The van der Waals surface area contributed by atoms with Gasteiger partial charge in [0.05, 0.1) is 6.61 Å². The van der Waals surface area contributed by atoms with Gasteiger partial charge < -0.3 is 15.1 Å². The Balaban J connectivity index is 1.95. The molecule has 0 spiro atoms. The van der Waals surface area contributed by atoms with Crippen LogP contribution < -0.4 is 16.4 Å². The van der Waals surface area contributed by atoms with Gasteiger partial charge >= 0.3 is 6.09 Å². The van der Waals surface area contributed by atoms with Crippen LogP contribution in [0.15, 0.2) is 35.1 Å². The molecule has 1 aromatic carbocycles. The SMILES string of the molecule is Cc1cc(=O)n(O)c(O)c1C(C)CNOCc1ccccc1NC(=O)OC(C)(C)C. The van der Waals surface area contributed by atoms with Gasteiger partial charge in [0, 0.05) is 35.3 Å². The maximum Gasteiger partial charge on any atom is 0.412 e. The minimum absolute atomic E-state index is 0.170. The molecule has 0 fully saturated rings. The third-order valence-corrected chi connectivity index (χ3v) is 4.28. The Morgan fingerprint density at radius 2 is 1.93 bits per heavy atom. The summed E-state index contributed by atoms with van der Waals surface area (Å²) >= 11 is 0. The number of aryl methyl sites for hydroxylation is 1. The normalized spacial score (nSPS) is 12.4. The van der Waals surface area contributed by atoms with Gasteiger partial charge in [-0.2, -0.15) is 0 Å². The predicted molar refractivity (Wildman–Crippen MR) is 112 cm³/mol. The Morgan fingerprint density at radius 1 is 1.27 bits per heavy atom. The van der Waals surface area contributed by atoms with Crippen LogP contribution in [0, 0.1) is 6.92 Å². The molecule has 1 aromatic heterocycles. The summed E-state index contributed by atoms with van der Waals surface area (Å²) in [6, 6.07) is 8.44. The highest BCUT2D eigenvalue weighted by atomic mass is 16.6. The molecule has 2 aromatic rings. The van der Waals surface area contributed by atoms with Gasteiger partial charge in [-0.25, -0.2) is 10.3 Å². The van der Waals surface area contributed by atoms with Crippen molar-refractivity contribution in [1.29, 1.82) is 0 Å². The summed E-state index contributed by atoms with van der Waals surface area (Å²) in [5.41, 5.74) is 3.85. The van der Waals surface area contributed by atoms with E-state index in [1.807, 2.05) is 19.1 Å². The quantitative estimate of drug-likeness (QED) is 0.309. The van der Waals surface area contributed by atoms with Crippen LogP contribution in [-0.2, 0) is 16.2 Å². The van der Waals surface area contributed by atoms with Crippen LogP contribution in [0.25, 0.3) is 0 Å². The molecule has 1 unspecified atom stereocenters. The van der Waals surface area contributed by atoms with Crippen molar-refractivity contribution in [3.05, 3.63) is 57.4 Å². The predicted octanol–water partition coefficient (Wildman–Crippen LogP) is 3.27. The molecule has 1 amide bonds. The van der Waals surface area contributed by atoms with E-state index in [0.29, 0.717) is 23.4 Å². The van der Waals surface area contributed by atoms with E-state index in [0.717, 1.165) is 5.56 Å². The molecule has 0 radical (unpaired) electrons. The fourth-order valence-electron chi connectivity index (χ4n) is 2.92. The van der Waals surface area contributed by atoms with E-state index >= 15 is 0 Å². The van der Waals surface area contributed by atoms with Crippen molar-refractivity contribution >= 4 is 11.8 Å². The van der Waals surface area contributed by atoms with Crippen molar-refractivity contribution < 1.29 is 24.7 Å². The Labute approximate surface area is 175 Å². The van der Waals surface area contributed by atoms with Gasteiger partial charge in [-0.1, -0.05) is 25.1 Å². The number of nitrogens with zero attached hydrogens (tertiary/aromatic N) is 1. The van der Waals surface area contributed by atoms with Gasteiger partial charge in [0.15, 0.2) is 0 Å². The first-order chi connectivity index (χ1) is 14.0. The number of para-hydroxylation sites is 1. The third-order valence-electron chi connectivity index (χ3n) is 4.28. The molecule has 1 heterocycles. The number of rotatable bonds is 7. The number of carbonyl (C=O) groups excluding carboxylic acids is 1. The Bertz CT molecular complexity index is 949. The highest BCUT2D eigenvalue weighted by molar-refractivity contribution is 5.85. The molecular weight excluding hydrogens is 390 g/mol. The monoisotopic (exact) mass is 419 g/mol. The first-order valence-electron chi connectivity index (χ1n) is 9.57. The largest absolute Gasteiger partial charge is 0.492 e. The van der Waals surface area contributed by atoms with Crippen molar-refractivity contribution in [3.63, 3.8) is 0 Å². The molecule has 0 aliphatic carbocycles. The number of hydrogen-bond donors (Lipinski definition) is 4. The number of amides is 1. The van der Waals surface area contributed by atoms with Crippen LogP contribution in [-0.4, -0.2) is 33.3 Å². The van der Waals surface area contributed by atoms with Crippen molar-refractivity contribution in [1.82, 2.24) is 10.2 Å². The summed E-state index contributed by atoms with van der Waals surface area (Å²) in [6.07, 6.45) is -0.554. The molecule has 9 heteroatoms. The number of aromatic nitrogens is 1. The van der Waals surface area contributed by atoms with Crippen molar-refractivity contribution in [2.24, 2.45) is 0 Å². The average Bonchev–Trinajstić information content (AvgIpc) is 2.63. The number of aromatic hydroxyl groups is 1. The number of hydrogen-bond acceptors (Lipinski definition) is 7. The second kappa shape index (κ2) is 9.64. The van der Waals surface area contributed by atoms with Crippen LogP contribution in [0.2, 0.25) is 0 Å². The lowest BCUT2D eigenvalue weighted by Gasteiger charge is -2.20. The summed E-state index contributed by atoms with van der Waals surface area (Å²) in [4.78, 5) is 29.0. The fraction of sp³-hybridized carbons (Fsp3) is 0.429. The molecule has 30 heavy (non-hydrogen) atoms. The lowest BCUT2D eigenvalue weighted by atomic mass is 9.98. The van der Waals surface area contributed by atoms with Crippen molar-refractivity contribution in [2.75, 3.05) is 11.9 Å². The average molecular weight is 419 g/mol. The van der Waals surface area contributed by atoms with E-state index in [1.165, 1.54) is 6.07 Å². The van der Waals surface area contributed by atoms with Crippen molar-refractivity contribution in [3.8, 4) is 5.88 Å².